The van der Waals surface area contributed by atoms with Crippen LogP contribution >= 0.6 is 0 Å². The van der Waals surface area contributed by atoms with Gasteiger partial charge in [0.2, 0.25) is 0 Å². The molecule has 1 aromatic heterocycles. The van der Waals surface area contributed by atoms with Crippen LogP contribution < -0.4 is 30.0 Å². The van der Waals surface area contributed by atoms with Crippen molar-refractivity contribution in [3.8, 4) is 23.3 Å². The first-order chi connectivity index (χ1) is 11.5. The summed E-state index contributed by atoms with van der Waals surface area (Å²) in [5.41, 5.74) is 6.26. The van der Waals surface area contributed by atoms with E-state index in [0.717, 1.165) is 0 Å². The molecule has 1 heterocycles. The molecule has 0 spiro atoms. The van der Waals surface area contributed by atoms with Gasteiger partial charge in [0.1, 0.15) is 11.4 Å². The van der Waals surface area contributed by atoms with Crippen molar-refractivity contribution in [1.82, 2.24) is 9.97 Å². The third kappa shape index (κ3) is 3.40. The van der Waals surface area contributed by atoms with Crippen molar-refractivity contribution in [2.75, 3.05) is 39.5 Å². The molecule has 0 fully saturated rings. The third-order valence-electron chi connectivity index (χ3n) is 3.18. The summed E-state index contributed by atoms with van der Waals surface area (Å²) in [6, 6.07) is 3.17. The number of nitrogens with zero attached hydrogens (tertiary/aromatic N) is 2. The number of carbonyl (C=O) groups excluding carboxylic acids is 1. The van der Waals surface area contributed by atoms with Gasteiger partial charge in [-0.15, -0.1) is 0 Å². The number of nitrogen functional groups attached to an aromatic ring is 1. The molecule has 0 aliphatic carbocycles. The van der Waals surface area contributed by atoms with Crippen LogP contribution in [0.3, 0.4) is 0 Å². The van der Waals surface area contributed by atoms with E-state index in [1.807, 2.05) is 0 Å². The second-order valence-corrected chi connectivity index (χ2v) is 4.52. The van der Waals surface area contributed by atoms with Crippen LogP contribution in [0.15, 0.2) is 18.3 Å². The zero-order chi connectivity index (χ0) is 17.7. The number of anilines is 2. The van der Waals surface area contributed by atoms with E-state index in [1.165, 1.54) is 40.7 Å². The van der Waals surface area contributed by atoms with Gasteiger partial charge in [0.25, 0.3) is 5.91 Å². The minimum Gasteiger partial charge on any atom is -0.496 e. The maximum Gasteiger partial charge on any atom is 0.318 e. The molecule has 0 bridgehead atoms. The van der Waals surface area contributed by atoms with E-state index in [4.69, 9.17) is 24.7 Å². The summed E-state index contributed by atoms with van der Waals surface area (Å²) in [5.74, 6) is 0.765. The van der Waals surface area contributed by atoms with E-state index in [9.17, 15) is 4.79 Å². The largest absolute Gasteiger partial charge is 0.496 e. The van der Waals surface area contributed by atoms with Crippen LogP contribution in [0.2, 0.25) is 0 Å². The Kier molecular flexibility index (Phi) is 5.25. The Labute approximate surface area is 138 Å². The number of nitrogens with one attached hydrogen (secondary N) is 1. The highest BCUT2D eigenvalue weighted by Gasteiger charge is 2.19. The van der Waals surface area contributed by atoms with Crippen molar-refractivity contribution in [1.29, 1.82) is 0 Å². The molecule has 24 heavy (non-hydrogen) atoms. The summed E-state index contributed by atoms with van der Waals surface area (Å²) in [5, 5.41) is 2.62. The Morgan fingerprint density at radius 2 is 1.62 bits per heavy atom. The number of ether oxygens (including phenoxy) is 4. The number of nitrogens with two attached hydrogens (primary N) is 1. The van der Waals surface area contributed by atoms with Crippen LogP contribution in [0.5, 0.6) is 23.3 Å². The summed E-state index contributed by atoms with van der Waals surface area (Å²) in [6.07, 6.45) is 1.35. The average molecular weight is 334 g/mol. The maximum absolute atomic E-state index is 12.5. The lowest BCUT2D eigenvalue weighted by molar-refractivity contribution is 0.102. The lowest BCUT2D eigenvalue weighted by Crippen LogP contribution is -2.15. The average Bonchev–Trinajstić information content (AvgIpc) is 2.61. The Bertz CT molecular complexity index is 751. The standard InChI is InChI=1S/C15H18N4O5/c1-21-10-6-12(23-3)11(22-2)5-8(10)14(20)18-9-7-17-15(24-4)19-13(9)16/h5-7H,1-4H3,(H,18,20)(H2,16,17,19). The molecule has 0 aliphatic rings. The Morgan fingerprint density at radius 1 is 1.00 bits per heavy atom. The van der Waals surface area contributed by atoms with E-state index >= 15 is 0 Å². The third-order valence-corrected chi connectivity index (χ3v) is 3.18. The summed E-state index contributed by atoms with van der Waals surface area (Å²) in [4.78, 5) is 20.3. The highest BCUT2D eigenvalue weighted by molar-refractivity contribution is 6.07. The molecule has 128 valence electrons. The van der Waals surface area contributed by atoms with Crippen LogP contribution in [0.1, 0.15) is 10.4 Å². The Balaban J connectivity index is 2.35. The second kappa shape index (κ2) is 7.36. The topological polar surface area (TPSA) is 118 Å². The molecule has 0 aliphatic heterocycles. The number of aromatic nitrogens is 2. The predicted octanol–water partition coefficient (Wildman–Crippen LogP) is 1.35. The summed E-state index contributed by atoms with van der Waals surface area (Å²) < 4.78 is 20.5. The molecule has 3 N–H and O–H groups in total. The fourth-order valence-electron chi connectivity index (χ4n) is 1.97. The number of rotatable bonds is 6. The van der Waals surface area contributed by atoms with Crippen molar-refractivity contribution in [3.63, 3.8) is 0 Å². The van der Waals surface area contributed by atoms with Gasteiger partial charge in [0.15, 0.2) is 17.3 Å². The zero-order valence-electron chi connectivity index (χ0n) is 13.7. The van der Waals surface area contributed by atoms with E-state index in [-0.39, 0.29) is 23.1 Å². The molecular weight excluding hydrogens is 316 g/mol. The van der Waals surface area contributed by atoms with Gasteiger partial charge in [-0.25, -0.2) is 4.98 Å². The van der Waals surface area contributed by atoms with Gasteiger partial charge in [-0.05, 0) is 0 Å². The number of hydrogen-bond acceptors (Lipinski definition) is 8. The number of methoxy groups -OCH3 is 4. The highest BCUT2D eigenvalue weighted by Crippen LogP contribution is 2.35. The molecule has 0 unspecified atom stereocenters. The van der Waals surface area contributed by atoms with Crippen molar-refractivity contribution in [2.45, 2.75) is 0 Å². The lowest BCUT2D eigenvalue weighted by atomic mass is 10.1. The quantitative estimate of drug-likeness (QED) is 0.812. The van der Waals surface area contributed by atoms with Gasteiger partial charge in [-0.2, -0.15) is 4.98 Å². The van der Waals surface area contributed by atoms with Crippen molar-refractivity contribution in [2.24, 2.45) is 0 Å². The smallest absolute Gasteiger partial charge is 0.318 e. The van der Waals surface area contributed by atoms with E-state index in [1.54, 1.807) is 6.07 Å². The van der Waals surface area contributed by atoms with Crippen molar-refractivity contribution < 1.29 is 23.7 Å². The number of carbonyl (C=O) groups is 1. The first-order valence-electron chi connectivity index (χ1n) is 6.81. The lowest BCUT2D eigenvalue weighted by Gasteiger charge is -2.14. The molecule has 2 aromatic rings. The zero-order valence-corrected chi connectivity index (χ0v) is 13.7. The van der Waals surface area contributed by atoms with Gasteiger partial charge in [-0.3, -0.25) is 4.79 Å². The first kappa shape index (κ1) is 17.1. The van der Waals surface area contributed by atoms with E-state index < -0.39 is 5.91 Å². The van der Waals surface area contributed by atoms with E-state index in [2.05, 4.69) is 15.3 Å². The molecule has 1 amide bonds. The molecule has 0 saturated heterocycles. The molecule has 9 nitrogen and oxygen atoms in total. The summed E-state index contributed by atoms with van der Waals surface area (Å²) >= 11 is 0. The molecule has 0 radical (unpaired) electrons. The summed E-state index contributed by atoms with van der Waals surface area (Å²) in [7, 11) is 5.83. The minimum atomic E-state index is -0.465. The van der Waals surface area contributed by atoms with E-state index in [0.29, 0.717) is 17.2 Å². The molecule has 1 aromatic carbocycles. The van der Waals surface area contributed by atoms with Crippen molar-refractivity contribution in [3.05, 3.63) is 23.9 Å². The van der Waals surface area contributed by atoms with Crippen LogP contribution in [0, 0.1) is 0 Å². The fraction of sp³-hybridized carbons (Fsp3) is 0.267. The molecule has 0 atom stereocenters. The normalized spacial score (nSPS) is 10.0. The fourth-order valence-corrected chi connectivity index (χ4v) is 1.97. The van der Waals surface area contributed by atoms with Crippen LogP contribution in [0.25, 0.3) is 0 Å². The van der Waals surface area contributed by atoms with Crippen LogP contribution in [0.4, 0.5) is 11.5 Å². The van der Waals surface area contributed by atoms with Gasteiger partial charge in [0.05, 0.1) is 40.2 Å². The molecule has 2 rings (SSSR count). The van der Waals surface area contributed by atoms with Crippen molar-refractivity contribution >= 4 is 17.4 Å². The van der Waals surface area contributed by atoms with Gasteiger partial charge in [-0.1, -0.05) is 0 Å². The summed E-state index contributed by atoms with van der Waals surface area (Å²) in [6.45, 7) is 0. The number of amides is 1. The van der Waals surface area contributed by atoms with Gasteiger partial charge < -0.3 is 30.0 Å². The molecule has 9 heteroatoms. The Hall–Kier alpha value is -3.23. The van der Waals surface area contributed by atoms with Crippen LogP contribution in [-0.2, 0) is 0 Å². The molecular formula is C15H18N4O5. The SMILES string of the molecule is COc1ncc(NC(=O)c2cc(OC)c(OC)cc2OC)c(N)n1. The second-order valence-electron chi connectivity index (χ2n) is 4.52. The minimum absolute atomic E-state index is 0.0784. The first-order valence-corrected chi connectivity index (χ1v) is 6.81. The van der Waals surface area contributed by atoms with Gasteiger partial charge >= 0.3 is 6.01 Å². The monoisotopic (exact) mass is 334 g/mol. The maximum atomic E-state index is 12.5. The number of benzene rings is 1. The highest BCUT2D eigenvalue weighted by atomic mass is 16.5. The van der Waals surface area contributed by atoms with Crippen LogP contribution in [-0.4, -0.2) is 44.3 Å². The Morgan fingerprint density at radius 3 is 2.17 bits per heavy atom. The number of hydrogen-bond donors (Lipinski definition) is 2. The van der Waals surface area contributed by atoms with Gasteiger partial charge in [0, 0.05) is 12.1 Å². The predicted molar refractivity (Wildman–Crippen MR) is 87.0 cm³/mol. The molecule has 0 saturated carbocycles.